The van der Waals surface area contributed by atoms with Gasteiger partial charge >= 0.3 is 0 Å². The van der Waals surface area contributed by atoms with Gasteiger partial charge in [0.05, 0.1) is 24.8 Å². The minimum Gasteiger partial charge on any atom is -0.377 e. The lowest BCUT2D eigenvalue weighted by Crippen LogP contribution is -2.40. The van der Waals surface area contributed by atoms with Gasteiger partial charge < -0.3 is 9.64 Å². The maximum atomic E-state index is 13.4. The molecule has 2 aliphatic rings. The summed E-state index contributed by atoms with van der Waals surface area (Å²) in [6.45, 7) is 7.99. The average Bonchev–Trinajstić information content (AvgIpc) is 2.87. The van der Waals surface area contributed by atoms with Crippen LogP contribution in [0.3, 0.4) is 0 Å². The van der Waals surface area contributed by atoms with Gasteiger partial charge in [-0.3, -0.25) is 14.5 Å². The van der Waals surface area contributed by atoms with Crippen LogP contribution in [-0.2, 0) is 14.3 Å². The van der Waals surface area contributed by atoms with Crippen molar-refractivity contribution in [1.29, 1.82) is 0 Å². The topological polar surface area (TPSA) is 49.9 Å². The zero-order chi connectivity index (χ0) is 19.6. The molecule has 27 heavy (non-hydrogen) atoms. The van der Waals surface area contributed by atoms with E-state index in [1.54, 1.807) is 12.1 Å². The van der Waals surface area contributed by atoms with Crippen LogP contribution in [0.4, 0.5) is 4.39 Å². The van der Waals surface area contributed by atoms with Crippen LogP contribution >= 0.6 is 0 Å². The molecule has 6 heteroatoms. The third-order valence-electron chi connectivity index (χ3n) is 5.02. The number of carbonyl (C=O) groups excluding carboxylic acids is 2. The number of piperidine rings is 1. The quantitative estimate of drug-likeness (QED) is 0.718. The first-order valence-corrected chi connectivity index (χ1v) is 9.61. The number of carbonyl (C=O) groups is 2. The zero-order valence-corrected chi connectivity index (χ0v) is 16.2. The predicted molar refractivity (Wildman–Crippen MR) is 101 cm³/mol. The van der Waals surface area contributed by atoms with Crippen LogP contribution in [0.5, 0.6) is 0 Å². The third-order valence-corrected chi connectivity index (χ3v) is 5.02. The van der Waals surface area contributed by atoms with E-state index in [9.17, 15) is 14.0 Å². The molecule has 0 bridgehead atoms. The molecule has 2 amide bonds. The number of hydrogen-bond donors (Lipinski definition) is 0. The Balaban J connectivity index is 1.94. The van der Waals surface area contributed by atoms with Crippen LogP contribution in [0.2, 0.25) is 0 Å². The normalized spacial score (nSPS) is 21.0. The number of likely N-dealkylation sites (tertiary alicyclic amines) is 1. The smallest absolute Gasteiger partial charge is 0.277 e. The molecule has 0 aliphatic carbocycles. The Morgan fingerprint density at radius 3 is 2.52 bits per heavy atom. The number of nitrogens with zero attached hydrogens (tertiary/aromatic N) is 2. The molecule has 5 nitrogen and oxygen atoms in total. The van der Waals surface area contributed by atoms with E-state index in [-0.39, 0.29) is 30.3 Å². The Morgan fingerprint density at radius 1 is 1.19 bits per heavy atom. The molecule has 2 aliphatic heterocycles. The molecular weight excluding hydrogens is 347 g/mol. The van der Waals surface area contributed by atoms with E-state index in [1.165, 1.54) is 17.0 Å². The second-order valence-corrected chi connectivity index (χ2v) is 7.61. The van der Waals surface area contributed by atoms with Crippen molar-refractivity contribution in [2.45, 2.75) is 39.7 Å². The van der Waals surface area contributed by atoms with Crippen LogP contribution in [0.25, 0.3) is 5.57 Å². The Hall–Kier alpha value is -2.21. The molecule has 0 spiro atoms. The van der Waals surface area contributed by atoms with Crippen LogP contribution in [-0.4, -0.2) is 54.0 Å². The Labute approximate surface area is 159 Å². The van der Waals surface area contributed by atoms with Crippen LogP contribution in [0.15, 0.2) is 30.0 Å². The number of amides is 2. The molecule has 0 radical (unpaired) electrons. The lowest BCUT2D eigenvalue weighted by Gasteiger charge is -2.33. The number of halogens is 1. The van der Waals surface area contributed by atoms with E-state index in [4.69, 9.17) is 4.74 Å². The molecule has 1 fully saturated rings. The fourth-order valence-electron chi connectivity index (χ4n) is 3.71. The highest BCUT2D eigenvalue weighted by Gasteiger charge is 2.42. The van der Waals surface area contributed by atoms with E-state index >= 15 is 0 Å². The summed E-state index contributed by atoms with van der Waals surface area (Å²) < 4.78 is 18.9. The molecule has 2 heterocycles. The summed E-state index contributed by atoms with van der Waals surface area (Å²) in [5.74, 6) is -0.513. The van der Waals surface area contributed by atoms with E-state index in [0.717, 1.165) is 25.9 Å². The van der Waals surface area contributed by atoms with Crippen molar-refractivity contribution in [2.75, 3.05) is 26.2 Å². The Bertz CT molecular complexity index is 742. The highest BCUT2D eigenvalue weighted by Crippen LogP contribution is 2.33. The van der Waals surface area contributed by atoms with E-state index in [0.29, 0.717) is 29.4 Å². The summed E-state index contributed by atoms with van der Waals surface area (Å²) in [6.07, 6.45) is 2.13. The van der Waals surface area contributed by atoms with Gasteiger partial charge in [-0.05, 0) is 50.3 Å². The van der Waals surface area contributed by atoms with Crippen molar-refractivity contribution in [2.24, 2.45) is 5.92 Å². The van der Waals surface area contributed by atoms with Gasteiger partial charge in [-0.2, -0.15) is 0 Å². The summed E-state index contributed by atoms with van der Waals surface area (Å²) in [5.41, 5.74) is 1.40. The summed E-state index contributed by atoms with van der Waals surface area (Å²) in [6, 6.07) is 5.77. The predicted octanol–water partition coefficient (Wildman–Crippen LogP) is 3.06. The van der Waals surface area contributed by atoms with Crippen LogP contribution in [0.1, 0.15) is 39.2 Å². The highest BCUT2D eigenvalue weighted by molar-refractivity contribution is 6.35. The molecule has 146 valence electrons. The van der Waals surface area contributed by atoms with Crippen LogP contribution in [0, 0.1) is 11.7 Å². The van der Waals surface area contributed by atoms with Gasteiger partial charge in [-0.25, -0.2) is 4.39 Å². The summed E-state index contributed by atoms with van der Waals surface area (Å²) >= 11 is 0. The second-order valence-electron chi connectivity index (χ2n) is 7.61. The van der Waals surface area contributed by atoms with Gasteiger partial charge in [0, 0.05) is 13.1 Å². The fourth-order valence-corrected chi connectivity index (χ4v) is 3.71. The lowest BCUT2D eigenvalue weighted by molar-refractivity contribution is -0.138. The minimum atomic E-state index is -0.369. The third kappa shape index (κ3) is 4.21. The molecule has 3 rings (SSSR count). The first-order valence-electron chi connectivity index (χ1n) is 9.61. The number of rotatable bonds is 6. The number of imide groups is 1. The molecule has 1 aromatic carbocycles. The van der Waals surface area contributed by atoms with Crippen molar-refractivity contribution < 1.29 is 18.7 Å². The number of ether oxygens (including phenoxy) is 1. The monoisotopic (exact) mass is 374 g/mol. The van der Waals surface area contributed by atoms with Gasteiger partial charge in [0.15, 0.2) is 0 Å². The summed E-state index contributed by atoms with van der Waals surface area (Å²) in [4.78, 5) is 29.5. The largest absolute Gasteiger partial charge is 0.377 e. The lowest BCUT2D eigenvalue weighted by atomic mass is 9.98. The average molecular weight is 374 g/mol. The van der Waals surface area contributed by atoms with Crippen molar-refractivity contribution in [3.05, 3.63) is 41.3 Å². The molecule has 1 saturated heterocycles. The van der Waals surface area contributed by atoms with Gasteiger partial charge in [-0.15, -0.1) is 0 Å². The van der Waals surface area contributed by atoms with Crippen molar-refractivity contribution in [1.82, 2.24) is 9.80 Å². The van der Waals surface area contributed by atoms with Crippen molar-refractivity contribution in [3.63, 3.8) is 0 Å². The molecule has 1 aromatic rings. The van der Waals surface area contributed by atoms with Gasteiger partial charge in [0.25, 0.3) is 11.8 Å². The second kappa shape index (κ2) is 8.21. The fraction of sp³-hybridized carbons (Fsp3) is 0.524. The Kier molecular flexibility index (Phi) is 5.95. The Morgan fingerprint density at radius 2 is 1.89 bits per heavy atom. The minimum absolute atomic E-state index is 0.0322. The first kappa shape index (κ1) is 19.5. The van der Waals surface area contributed by atoms with Gasteiger partial charge in [0.2, 0.25) is 0 Å². The summed E-state index contributed by atoms with van der Waals surface area (Å²) in [7, 11) is 0. The van der Waals surface area contributed by atoms with Crippen LogP contribution < -0.4 is 0 Å². The molecule has 0 saturated carbocycles. The maximum absolute atomic E-state index is 13.4. The highest BCUT2D eigenvalue weighted by atomic mass is 19.1. The number of benzene rings is 1. The summed E-state index contributed by atoms with van der Waals surface area (Å²) in [5, 5.41) is 0. The van der Waals surface area contributed by atoms with Crippen molar-refractivity contribution in [3.8, 4) is 0 Å². The van der Waals surface area contributed by atoms with Crippen molar-refractivity contribution >= 4 is 17.4 Å². The van der Waals surface area contributed by atoms with E-state index in [1.807, 2.05) is 18.7 Å². The standard InChI is InChI=1S/C21H27FN2O3/c1-14(2)27-12-11-24-20(25)18(16-6-8-17(22)9-7-16)19(21(24)26)23-10-4-5-15(3)13-23/h6-9,14-15H,4-5,10-13H2,1-3H3. The SMILES string of the molecule is CC1CCCN(C2=C(c3ccc(F)cc3)C(=O)N(CCOC(C)C)C2=O)C1. The molecule has 0 aromatic heterocycles. The van der Waals surface area contributed by atoms with Gasteiger partial charge in [-0.1, -0.05) is 19.1 Å². The van der Waals surface area contributed by atoms with E-state index < -0.39 is 0 Å². The molecule has 1 unspecified atom stereocenters. The van der Waals surface area contributed by atoms with Gasteiger partial charge in [0.1, 0.15) is 11.5 Å². The first-order chi connectivity index (χ1) is 12.9. The zero-order valence-electron chi connectivity index (χ0n) is 16.2. The maximum Gasteiger partial charge on any atom is 0.277 e. The van der Waals surface area contributed by atoms with E-state index in [2.05, 4.69) is 6.92 Å². The molecular formula is C21H27FN2O3. The number of hydrogen-bond acceptors (Lipinski definition) is 4. The molecule has 1 atom stereocenters. The molecule has 0 N–H and O–H groups in total.